The van der Waals surface area contributed by atoms with E-state index in [2.05, 4.69) is 15.5 Å². The number of nitrogens with zero attached hydrogens (tertiary/aromatic N) is 2. The van der Waals surface area contributed by atoms with Gasteiger partial charge in [0.15, 0.2) is 5.76 Å². The Labute approximate surface area is 149 Å². The molecule has 0 fully saturated rings. The highest BCUT2D eigenvalue weighted by molar-refractivity contribution is 6.04. The fourth-order valence-electron chi connectivity index (χ4n) is 2.60. The molecule has 0 radical (unpaired) electrons. The Morgan fingerprint density at radius 2 is 1.92 bits per heavy atom. The summed E-state index contributed by atoms with van der Waals surface area (Å²) in [7, 11) is 0. The molecule has 6 nitrogen and oxygen atoms in total. The quantitative estimate of drug-likeness (QED) is 0.586. The molecule has 0 saturated carbocycles. The first kappa shape index (κ1) is 15.8. The third kappa shape index (κ3) is 3.12. The van der Waals surface area contributed by atoms with Gasteiger partial charge in [-0.25, -0.2) is 0 Å². The summed E-state index contributed by atoms with van der Waals surface area (Å²) in [6.45, 7) is 2.00. The maximum atomic E-state index is 12.3. The second-order valence-corrected chi connectivity index (χ2v) is 5.77. The van der Waals surface area contributed by atoms with Crippen LogP contribution in [0.5, 0.6) is 0 Å². The van der Waals surface area contributed by atoms with E-state index in [1.54, 1.807) is 18.2 Å². The van der Waals surface area contributed by atoms with Crippen molar-refractivity contribution in [3.05, 3.63) is 78.3 Å². The highest BCUT2D eigenvalue weighted by atomic mass is 16.5. The highest BCUT2D eigenvalue weighted by Crippen LogP contribution is 2.29. The number of hydrogen-bond acceptors (Lipinski definition) is 5. The summed E-state index contributed by atoms with van der Waals surface area (Å²) >= 11 is 0. The van der Waals surface area contributed by atoms with Gasteiger partial charge in [0.25, 0.3) is 11.8 Å². The van der Waals surface area contributed by atoms with Crippen LogP contribution in [0.4, 0.5) is 5.69 Å². The standard InChI is InChI=1S/C20H15N3O3/c1-13-6-4-7-14(12-13)18-22-20(26-23-18)15-8-2-3-9-16(15)21-19(24)17-10-5-11-25-17/h2-12H,1H3,(H,21,24). The average molecular weight is 345 g/mol. The topological polar surface area (TPSA) is 81.2 Å². The van der Waals surface area contributed by atoms with Crippen molar-refractivity contribution < 1.29 is 13.7 Å². The van der Waals surface area contributed by atoms with Crippen LogP contribution in [-0.2, 0) is 0 Å². The molecule has 0 bridgehead atoms. The highest BCUT2D eigenvalue weighted by Gasteiger charge is 2.17. The van der Waals surface area contributed by atoms with Crippen molar-refractivity contribution in [3.8, 4) is 22.8 Å². The van der Waals surface area contributed by atoms with Gasteiger partial charge in [0, 0.05) is 5.56 Å². The fraction of sp³-hybridized carbons (Fsp3) is 0.0500. The summed E-state index contributed by atoms with van der Waals surface area (Å²) < 4.78 is 10.5. The summed E-state index contributed by atoms with van der Waals surface area (Å²) in [5.74, 6) is 0.708. The molecule has 0 saturated heterocycles. The molecule has 2 aromatic carbocycles. The van der Waals surface area contributed by atoms with Gasteiger partial charge >= 0.3 is 0 Å². The number of carbonyl (C=O) groups is 1. The predicted molar refractivity (Wildman–Crippen MR) is 96.6 cm³/mol. The van der Waals surface area contributed by atoms with E-state index in [0.717, 1.165) is 11.1 Å². The average Bonchev–Trinajstić information content (AvgIpc) is 3.34. The molecule has 1 amide bonds. The number of aryl methyl sites for hydroxylation is 1. The van der Waals surface area contributed by atoms with E-state index in [1.165, 1.54) is 6.26 Å². The van der Waals surface area contributed by atoms with E-state index in [-0.39, 0.29) is 11.7 Å². The number of rotatable bonds is 4. The smallest absolute Gasteiger partial charge is 0.291 e. The molecule has 4 aromatic rings. The van der Waals surface area contributed by atoms with Gasteiger partial charge in [-0.3, -0.25) is 4.79 Å². The lowest BCUT2D eigenvalue weighted by atomic mass is 10.1. The molecule has 0 spiro atoms. The van der Waals surface area contributed by atoms with Crippen molar-refractivity contribution in [2.45, 2.75) is 6.92 Å². The van der Waals surface area contributed by atoms with Crippen molar-refractivity contribution in [3.63, 3.8) is 0 Å². The first-order valence-corrected chi connectivity index (χ1v) is 8.06. The molecule has 0 aliphatic rings. The Kier molecular flexibility index (Phi) is 4.07. The predicted octanol–water partition coefficient (Wildman–Crippen LogP) is 4.56. The number of para-hydroxylation sites is 1. The van der Waals surface area contributed by atoms with Crippen LogP contribution in [0.3, 0.4) is 0 Å². The first-order valence-electron chi connectivity index (χ1n) is 8.06. The molecular weight excluding hydrogens is 330 g/mol. The van der Waals surface area contributed by atoms with Crippen molar-refractivity contribution in [1.82, 2.24) is 10.1 Å². The van der Waals surface area contributed by atoms with Crippen LogP contribution in [0.25, 0.3) is 22.8 Å². The van der Waals surface area contributed by atoms with Gasteiger partial charge in [0.1, 0.15) is 0 Å². The van der Waals surface area contributed by atoms with Gasteiger partial charge in [-0.2, -0.15) is 4.98 Å². The van der Waals surface area contributed by atoms with Gasteiger partial charge < -0.3 is 14.3 Å². The van der Waals surface area contributed by atoms with Crippen molar-refractivity contribution in [2.24, 2.45) is 0 Å². The van der Waals surface area contributed by atoms with E-state index >= 15 is 0 Å². The fourth-order valence-corrected chi connectivity index (χ4v) is 2.60. The number of carbonyl (C=O) groups excluding carboxylic acids is 1. The summed E-state index contributed by atoms with van der Waals surface area (Å²) in [5, 5.41) is 6.87. The SMILES string of the molecule is Cc1cccc(-c2noc(-c3ccccc3NC(=O)c3ccco3)n2)c1. The molecule has 0 aliphatic carbocycles. The third-order valence-corrected chi connectivity index (χ3v) is 3.85. The molecule has 2 aromatic heterocycles. The van der Waals surface area contributed by atoms with E-state index in [4.69, 9.17) is 8.94 Å². The second kappa shape index (κ2) is 6.68. The van der Waals surface area contributed by atoms with E-state index in [0.29, 0.717) is 23.0 Å². The Bertz CT molecular complexity index is 1050. The lowest BCUT2D eigenvalue weighted by Gasteiger charge is -2.06. The summed E-state index contributed by atoms with van der Waals surface area (Å²) in [6.07, 6.45) is 1.45. The van der Waals surface area contributed by atoms with E-state index in [9.17, 15) is 4.79 Å². The van der Waals surface area contributed by atoms with Crippen LogP contribution in [0, 0.1) is 6.92 Å². The molecule has 4 rings (SSSR count). The normalized spacial score (nSPS) is 10.7. The van der Waals surface area contributed by atoms with Crippen LogP contribution in [0.1, 0.15) is 16.1 Å². The van der Waals surface area contributed by atoms with Crippen LogP contribution in [0.15, 0.2) is 75.9 Å². The van der Waals surface area contributed by atoms with E-state index < -0.39 is 0 Å². The molecule has 6 heteroatoms. The molecule has 0 unspecified atom stereocenters. The number of benzene rings is 2. The Hall–Kier alpha value is -3.67. The summed E-state index contributed by atoms with van der Waals surface area (Å²) in [4.78, 5) is 16.7. The molecule has 1 N–H and O–H groups in total. The van der Waals surface area contributed by atoms with Crippen LogP contribution in [-0.4, -0.2) is 16.0 Å². The minimum atomic E-state index is -0.346. The van der Waals surface area contributed by atoms with Gasteiger partial charge in [0.2, 0.25) is 5.82 Å². The Morgan fingerprint density at radius 3 is 2.73 bits per heavy atom. The van der Waals surface area contributed by atoms with E-state index in [1.807, 2.05) is 49.4 Å². The molecule has 0 atom stereocenters. The lowest BCUT2D eigenvalue weighted by Crippen LogP contribution is -2.11. The van der Waals surface area contributed by atoms with Gasteiger partial charge in [-0.1, -0.05) is 41.1 Å². The first-order chi connectivity index (χ1) is 12.7. The minimum Gasteiger partial charge on any atom is -0.459 e. The maximum Gasteiger partial charge on any atom is 0.291 e. The zero-order valence-electron chi connectivity index (χ0n) is 14.0. The molecule has 0 aliphatic heterocycles. The third-order valence-electron chi connectivity index (χ3n) is 3.85. The molecular formula is C20H15N3O3. The lowest BCUT2D eigenvalue weighted by molar-refractivity contribution is 0.0996. The molecule has 2 heterocycles. The van der Waals surface area contributed by atoms with Gasteiger partial charge in [-0.05, 0) is 37.3 Å². The van der Waals surface area contributed by atoms with Crippen molar-refractivity contribution in [2.75, 3.05) is 5.32 Å². The summed E-state index contributed by atoms with van der Waals surface area (Å²) in [5.41, 5.74) is 3.18. The van der Waals surface area contributed by atoms with Crippen molar-refractivity contribution in [1.29, 1.82) is 0 Å². The van der Waals surface area contributed by atoms with Gasteiger partial charge in [0.05, 0.1) is 17.5 Å². The largest absolute Gasteiger partial charge is 0.459 e. The number of amides is 1. The van der Waals surface area contributed by atoms with Crippen LogP contribution < -0.4 is 5.32 Å². The number of aromatic nitrogens is 2. The Balaban J connectivity index is 1.66. The van der Waals surface area contributed by atoms with Crippen LogP contribution in [0.2, 0.25) is 0 Å². The number of nitrogens with one attached hydrogen (secondary N) is 1. The Morgan fingerprint density at radius 1 is 1.04 bits per heavy atom. The van der Waals surface area contributed by atoms with Crippen molar-refractivity contribution >= 4 is 11.6 Å². The minimum absolute atomic E-state index is 0.228. The van der Waals surface area contributed by atoms with Crippen LogP contribution >= 0.6 is 0 Å². The molecule has 26 heavy (non-hydrogen) atoms. The van der Waals surface area contributed by atoms with Gasteiger partial charge in [-0.15, -0.1) is 0 Å². The molecule has 128 valence electrons. The zero-order chi connectivity index (χ0) is 17.9. The zero-order valence-corrected chi connectivity index (χ0v) is 14.0. The number of anilines is 1. The summed E-state index contributed by atoms with van der Waals surface area (Å²) in [6, 6.07) is 18.4. The maximum absolute atomic E-state index is 12.3. The second-order valence-electron chi connectivity index (χ2n) is 5.77. The number of furan rings is 1. The number of hydrogen-bond donors (Lipinski definition) is 1. The monoisotopic (exact) mass is 345 g/mol.